The minimum atomic E-state index is -1.33. The number of hydrogen-bond donors (Lipinski definition) is 1. The summed E-state index contributed by atoms with van der Waals surface area (Å²) in [4.78, 5) is 17.3. The van der Waals surface area contributed by atoms with Crippen molar-refractivity contribution in [1.82, 2.24) is 9.62 Å². The summed E-state index contributed by atoms with van der Waals surface area (Å²) >= 11 is 1.48. The molecule has 3 rings (SSSR count). The van der Waals surface area contributed by atoms with Crippen molar-refractivity contribution in [2.45, 2.75) is 56.9 Å². The molecule has 8 heteroatoms. The second kappa shape index (κ2) is 12.0. The summed E-state index contributed by atoms with van der Waals surface area (Å²) in [7, 11) is 0.728. The highest BCUT2D eigenvalue weighted by molar-refractivity contribution is 8.06. The first-order chi connectivity index (χ1) is 15.4. The van der Waals surface area contributed by atoms with Crippen molar-refractivity contribution in [2.24, 2.45) is 0 Å². The fourth-order valence-electron chi connectivity index (χ4n) is 4.18. The van der Waals surface area contributed by atoms with Crippen LogP contribution in [0.15, 0.2) is 45.7 Å². The SMILES string of the molecule is C=C(NC(=O)c1cc(S(=O)N2CCOCC2)ccc1N(C)C1CCCC1)S/C(=C\C)CC. The number of morpholine rings is 1. The van der Waals surface area contributed by atoms with Gasteiger partial charge in [-0.1, -0.05) is 44.2 Å². The molecule has 0 bridgehead atoms. The largest absolute Gasteiger partial charge is 0.379 e. The summed E-state index contributed by atoms with van der Waals surface area (Å²) in [6.07, 6.45) is 7.61. The number of hydrogen-bond acceptors (Lipinski definition) is 5. The van der Waals surface area contributed by atoms with Crippen molar-refractivity contribution in [1.29, 1.82) is 0 Å². The monoisotopic (exact) mass is 477 g/mol. The number of nitrogens with zero attached hydrogens (tertiary/aromatic N) is 2. The molecule has 1 N–H and O–H groups in total. The number of nitrogens with one attached hydrogen (secondary N) is 1. The molecule has 1 atom stereocenters. The highest BCUT2D eigenvalue weighted by Gasteiger charge is 2.26. The lowest BCUT2D eigenvalue weighted by molar-refractivity contribution is 0.0752. The molecule has 176 valence electrons. The second-order valence-electron chi connectivity index (χ2n) is 8.11. The Morgan fingerprint density at radius 1 is 1.34 bits per heavy atom. The van der Waals surface area contributed by atoms with E-state index in [1.54, 1.807) is 6.07 Å². The van der Waals surface area contributed by atoms with Crippen LogP contribution in [-0.4, -0.2) is 53.8 Å². The maximum Gasteiger partial charge on any atom is 0.258 e. The van der Waals surface area contributed by atoms with E-state index in [2.05, 4.69) is 30.8 Å². The van der Waals surface area contributed by atoms with E-state index in [1.165, 1.54) is 24.6 Å². The fraction of sp³-hybridized carbons (Fsp3) is 0.542. The minimum absolute atomic E-state index is 0.213. The van der Waals surface area contributed by atoms with Gasteiger partial charge in [-0.25, -0.2) is 8.51 Å². The van der Waals surface area contributed by atoms with Crippen molar-refractivity contribution < 1.29 is 13.7 Å². The number of anilines is 1. The number of carbonyl (C=O) groups excluding carboxylic acids is 1. The summed E-state index contributed by atoms with van der Waals surface area (Å²) in [5.74, 6) is -0.213. The van der Waals surface area contributed by atoms with Crippen LogP contribution in [0.4, 0.5) is 5.69 Å². The van der Waals surface area contributed by atoms with Gasteiger partial charge in [0, 0.05) is 31.9 Å². The molecule has 0 spiro atoms. The average Bonchev–Trinajstić information content (AvgIpc) is 3.36. The van der Waals surface area contributed by atoms with Crippen LogP contribution in [0.5, 0.6) is 0 Å². The zero-order chi connectivity index (χ0) is 23.1. The standard InChI is InChI=1S/C24H35N3O3S2/c1-5-20(6-2)31-18(3)25-24(28)22-17-21(32(29)27-13-15-30-16-14-27)11-12-23(22)26(4)19-9-7-8-10-19/h5,11-12,17,19H,3,6-10,13-16H2,1-2,4H3,(H,25,28)/b20-5-. The summed E-state index contributed by atoms with van der Waals surface area (Å²) in [6, 6.07) is 6.04. The molecule has 1 unspecified atom stereocenters. The van der Waals surface area contributed by atoms with E-state index in [4.69, 9.17) is 4.74 Å². The topological polar surface area (TPSA) is 61.9 Å². The molecule has 1 saturated heterocycles. The molecule has 1 aliphatic carbocycles. The van der Waals surface area contributed by atoms with Gasteiger partial charge in [-0.3, -0.25) is 4.79 Å². The molecule has 1 aromatic rings. The Hall–Kier alpha value is -1.61. The van der Waals surface area contributed by atoms with Crippen LogP contribution in [0.25, 0.3) is 0 Å². The highest BCUT2D eigenvalue weighted by atomic mass is 32.2. The quantitative estimate of drug-likeness (QED) is 0.560. The molecule has 1 amide bonds. The lowest BCUT2D eigenvalue weighted by Gasteiger charge is -2.29. The molecule has 6 nitrogen and oxygen atoms in total. The van der Waals surface area contributed by atoms with E-state index in [-0.39, 0.29) is 5.91 Å². The molecule has 2 fully saturated rings. The maximum absolute atomic E-state index is 13.3. The number of ether oxygens (including phenoxy) is 1. The smallest absolute Gasteiger partial charge is 0.258 e. The zero-order valence-electron chi connectivity index (χ0n) is 19.4. The van der Waals surface area contributed by atoms with Crippen molar-refractivity contribution in [3.8, 4) is 0 Å². The van der Waals surface area contributed by atoms with Gasteiger partial charge in [0.25, 0.3) is 5.91 Å². The van der Waals surface area contributed by atoms with Crippen LogP contribution < -0.4 is 10.2 Å². The van der Waals surface area contributed by atoms with Crippen LogP contribution >= 0.6 is 11.8 Å². The molecule has 0 radical (unpaired) electrons. The number of rotatable bonds is 9. The van der Waals surface area contributed by atoms with E-state index in [0.29, 0.717) is 47.8 Å². The van der Waals surface area contributed by atoms with Crippen LogP contribution in [0.3, 0.4) is 0 Å². The van der Waals surface area contributed by atoms with Gasteiger partial charge in [-0.05, 0) is 49.3 Å². The molecular formula is C24H35N3O3S2. The second-order valence-corrected chi connectivity index (χ2v) is 10.8. The van der Waals surface area contributed by atoms with Crippen LogP contribution in [0.2, 0.25) is 0 Å². The molecule has 2 aliphatic rings. The van der Waals surface area contributed by atoms with E-state index >= 15 is 0 Å². The summed E-state index contributed by atoms with van der Waals surface area (Å²) in [5.41, 5.74) is 1.41. The third kappa shape index (κ3) is 6.25. The van der Waals surface area contributed by atoms with Gasteiger partial charge in [-0.2, -0.15) is 0 Å². The summed E-state index contributed by atoms with van der Waals surface area (Å²) in [6.45, 7) is 10.5. The minimum Gasteiger partial charge on any atom is -0.379 e. The number of benzene rings is 1. The number of allylic oxidation sites excluding steroid dienone is 2. The molecule has 1 aromatic carbocycles. The molecule has 32 heavy (non-hydrogen) atoms. The van der Waals surface area contributed by atoms with E-state index in [1.807, 2.05) is 29.4 Å². The zero-order valence-corrected chi connectivity index (χ0v) is 21.0. The molecule has 0 aromatic heterocycles. The first-order valence-corrected chi connectivity index (χ1v) is 13.3. The fourth-order valence-corrected chi connectivity index (χ4v) is 6.08. The molecule has 1 heterocycles. The predicted molar refractivity (Wildman–Crippen MR) is 134 cm³/mol. The van der Waals surface area contributed by atoms with Gasteiger partial charge in [0.1, 0.15) is 11.0 Å². The van der Waals surface area contributed by atoms with Crippen LogP contribution in [-0.2, 0) is 15.7 Å². The van der Waals surface area contributed by atoms with Crippen molar-refractivity contribution in [3.63, 3.8) is 0 Å². The van der Waals surface area contributed by atoms with E-state index in [9.17, 15) is 9.00 Å². The normalized spacial score (nSPS) is 19.0. The first-order valence-electron chi connectivity index (χ1n) is 11.4. The van der Waals surface area contributed by atoms with Crippen LogP contribution in [0.1, 0.15) is 56.3 Å². The van der Waals surface area contributed by atoms with Gasteiger partial charge in [0.2, 0.25) is 0 Å². The van der Waals surface area contributed by atoms with Gasteiger partial charge in [-0.15, -0.1) is 0 Å². The molecule has 1 saturated carbocycles. The van der Waals surface area contributed by atoms with E-state index in [0.717, 1.165) is 29.9 Å². The number of carbonyl (C=O) groups is 1. The number of thioether (sulfide) groups is 1. The maximum atomic E-state index is 13.3. The average molecular weight is 478 g/mol. The van der Waals surface area contributed by atoms with Gasteiger partial charge < -0.3 is 15.0 Å². The Morgan fingerprint density at radius 3 is 2.66 bits per heavy atom. The Balaban J connectivity index is 1.87. The molecular weight excluding hydrogens is 442 g/mol. The third-order valence-electron chi connectivity index (χ3n) is 6.05. The Kier molecular flexibility index (Phi) is 9.40. The van der Waals surface area contributed by atoms with Gasteiger partial charge in [0.15, 0.2) is 0 Å². The summed E-state index contributed by atoms with van der Waals surface area (Å²) < 4.78 is 20.4. The van der Waals surface area contributed by atoms with Gasteiger partial charge in [0.05, 0.1) is 28.7 Å². The molecule has 1 aliphatic heterocycles. The number of amides is 1. The first kappa shape index (κ1) is 25.0. The van der Waals surface area contributed by atoms with Crippen LogP contribution in [0, 0.1) is 0 Å². The van der Waals surface area contributed by atoms with Crippen molar-refractivity contribution >= 4 is 34.3 Å². The third-order valence-corrected chi connectivity index (χ3v) is 8.68. The van der Waals surface area contributed by atoms with Crippen molar-refractivity contribution in [3.05, 3.63) is 46.4 Å². The van der Waals surface area contributed by atoms with Crippen molar-refractivity contribution in [2.75, 3.05) is 38.3 Å². The Morgan fingerprint density at radius 2 is 2.03 bits per heavy atom. The summed E-state index contributed by atoms with van der Waals surface area (Å²) in [5, 5.41) is 3.55. The lowest BCUT2D eigenvalue weighted by Crippen LogP contribution is -2.37. The predicted octanol–water partition coefficient (Wildman–Crippen LogP) is 4.67. The lowest BCUT2D eigenvalue weighted by atomic mass is 10.1. The highest BCUT2D eigenvalue weighted by Crippen LogP contribution is 2.32. The Bertz CT molecular complexity index is 875. The Labute approximate surface area is 199 Å². The van der Waals surface area contributed by atoms with E-state index < -0.39 is 11.0 Å². The van der Waals surface area contributed by atoms with Gasteiger partial charge >= 0.3 is 0 Å².